The minimum absolute atomic E-state index is 0.382. The van der Waals surface area contributed by atoms with Gasteiger partial charge in [0.2, 0.25) is 0 Å². The molecule has 2 rings (SSSR count). The highest BCUT2D eigenvalue weighted by atomic mass is 35.5. The first-order valence-corrected chi connectivity index (χ1v) is 7.31. The lowest BCUT2D eigenvalue weighted by Gasteiger charge is -2.08. The lowest BCUT2D eigenvalue weighted by molar-refractivity contribution is 0.0954. The van der Waals surface area contributed by atoms with E-state index in [-0.39, 0.29) is 5.91 Å². The molecule has 1 amide bonds. The first-order valence-electron chi connectivity index (χ1n) is 6.55. The molecule has 1 N–H and O–H groups in total. The van der Waals surface area contributed by atoms with Crippen molar-refractivity contribution in [2.75, 3.05) is 14.2 Å². The van der Waals surface area contributed by atoms with Crippen molar-refractivity contribution in [2.24, 2.45) is 5.10 Å². The molecule has 7 heteroatoms. The molecule has 120 valence electrons. The van der Waals surface area contributed by atoms with Crippen LogP contribution in [-0.2, 0) is 0 Å². The van der Waals surface area contributed by atoms with Crippen molar-refractivity contribution in [3.63, 3.8) is 0 Å². The summed E-state index contributed by atoms with van der Waals surface area (Å²) in [5.74, 6) is 0.623. The van der Waals surface area contributed by atoms with Gasteiger partial charge in [-0.15, -0.1) is 0 Å². The van der Waals surface area contributed by atoms with E-state index >= 15 is 0 Å². The van der Waals surface area contributed by atoms with Crippen LogP contribution in [-0.4, -0.2) is 26.3 Å². The number of hydrogen-bond donors (Lipinski definition) is 1. The first kappa shape index (κ1) is 17.1. The zero-order valence-corrected chi connectivity index (χ0v) is 14.0. The van der Waals surface area contributed by atoms with E-state index in [9.17, 15) is 4.79 Å². The number of nitrogens with one attached hydrogen (secondary N) is 1. The van der Waals surface area contributed by atoms with Crippen molar-refractivity contribution in [2.45, 2.75) is 0 Å². The summed E-state index contributed by atoms with van der Waals surface area (Å²) >= 11 is 11.8. The molecule has 0 radical (unpaired) electrons. The first-order chi connectivity index (χ1) is 11.0. The Hall–Kier alpha value is -2.24. The van der Waals surface area contributed by atoms with Gasteiger partial charge in [-0.2, -0.15) is 5.10 Å². The highest BCUT2D eigenvalue weighted by Gasteiger charge is 2.10. The molecule has 0 aliphatic carbocycles. The summed E-state index contributed by atoms with van der Waals surface area (Å²) in [5, 5.41) is 4.86. The second-order valence-corrected chi connectivity index (χ2v) is 5.28. The van der Waals surface area contributed by atoms with Crippen LogP contribution in [0.4, 0.5) is 0 Å². The molecule has 2 aromatic rings. The number of halogens is 2. The fourth-order valence-corrected chi connectivity index (χ4v) is 2.27. The molecule has 0 atom stereocenters. The molecule has 23 heavy (non-hydrogen) atoms. The van der Waals surface area contributed by atoms with E-state index in [1.54, 1.807) is 36.4 Å². The van der Waals surface area contributed by atoms with Crippen molar-refractivity contribution >= 4 is 35.3 Å². The SMILES string of the molecule is COc1ccc(C(=O)N/N=C\c2ccc(Cl)cc2Cl)cc1OC. The van der Waals surface area contributed by atoms with Crippen molar-refractivity contribution in [3.05, 3.63) is 57.6 Å². The Labute approximate surface area is 143 Å². The average molecular weight is 353 g/mol. The molecule has 0 aliphatic rings. The molecule has 2 aromatic carbocycles. The summed E-state index contributed by atoms with van der Waals surface area (Å²) in [6.45, 7) is 0. The second kappa shape index (κ2) is 7.85. The Bertz CT molecular complexity index is 748. The average Bonchev–Trinajstić information content (AvgIpc) is 2.56. The summed E-state index contributed by atoms with van der Waals surface area (Å²) in [7, 11) is 3.03. The topological polar surface area (TPSA) is 59.9 Å². The van der Waals surface area contributed by atoms with Gasteiger partial charge in [0.05, 0.1) is 25.5 Å². The monoisotopic (exact) mass is 352 g/mol. The molecule has 0 heterocycles. The maximum atomic E-state index is 12.1. The number of nitrogens with zero attached hydrogens (tertiary/aromatic N) is 1. The third-order valence-corrected chi connectivity index (χ3v) is 3.54. The van der Waals surface area contributed by atoms with E-state index < -0.39 is 0 Å². The van der Waals surface area contributed by atoms with Crippen molar-refractivity contribution in [1.82, 2.24) is 5.43 Å². The highest BCUT2D eigenvalue weighted by Crippen LogP contribution is 2.27. The second-order valence-electron chi connectivity index (χ2n) is 4.43. The molecule has 0 saturated carbocycles. The van der Waals surface area contributed by atoms with E-state index in [1.165, 1.54) is 20.4 Å². The van der Waals surface area contributed by atoms with Gasteiger partial charge in [-0.1, -0.05) is 29.3 Å². The maximum absolute atomic E-state index is 12.1. The maximum Gasteiger partial charge on any atom is 0.271 e. The van der Waals surface area contributed by atoms with Gasteiger partial charge in [0.15, 0.2) is 11.5 Å². The molecule has 0 aliphatic heterocycles. The Morgan fingerprint density at radius 2 is 1.83 bits per heavy atom. The van der Waals surface area contributed by atoms with Crippen LogP contribution < -0.4 is 14.9 Å². The van der Waals surface area contributed by atoms with Crippen LogP contribution >= 0.6 is 23.2 Å². The van der Waals surface area contributed by atoms with Crippen LogP contribution in [0.25, 0.3) is 0 Å². The quantitative estimate of drug-likeness (QED) is 0.658. The van der Waals surface area contributed by atoms with Crippen molar-refractivity contribution < 1.29 is 14.3 Å². The molecule has 0 bridgehead atoms. The number of amides is 1. The number of carbonyl (C=O) groups is 1. The van der Waals surface area contributed by atoms with Crippen LogP contribution in [0.5, 0.6) is 11.5 Å². The van der Waals surface area contributed by atoms with Crippen LogP contribution in [0, 0.1) is 0 Å². The number of methoxy groups -OCH3 is 2. The standard InChI is InChI=1S/C16H14Cl2N2O3/c1-22-14-6-4-10(7-15(14)23-2)16(21)20-19-9-11-3-5-12(17)8-13(11)18/h3-9H,1-2H3,(H,20,21)/b19-9-. The van der Waals surface area contributed by atoms with Gasteiger partial charge in [0.1, 0.15) is 0 Å². The van der Waals surface area contributed by atoms with Gasteiger partial charge in [-0.25, -0.2) is 5.43 Å². The van der Waals surface area contributed by atoms with E-state index in [2.05, 4.69) is 10.5 Å². The van der Waals surface area contributed by atoms with E-state index in [1.807, 2.05) is 0 Å². The normalized spacial score (nSPS) is 10.6. The number of rotatable bonds is 5. The van der Waals surface area contributed by atoms with E-state index in [4.69, 9.17) is 32.7 Å². The van der Waals surface area contributed by atoms with Gasteiger partial charge >= 0.3 is 0 Å². The lowest BCUT2D eigenvalue weighted by Crippen LogP contribution is -2.17. The fraction of sp³-hybridized carbons (Fsp3) is 0.125. The Kier molecular flexibility index (Phi) is 5.84. The fourth-order valence-electron chi connectivity index (χ4n) is 1.81. The number of ether oxygens (including phenoxy) is 2. The smallest absolute Gasteiger partial charge is 0.271 e. The van der Waals surface area contributed by atoms with Gasteiger partial charge in [0.25, 0.3) is 5.91 Å². The number of hydrazone groups is 1. The van der Waals surface area contributed by atoms with Crippen molar-refractivity contribution in [1.29, 1.82) is 0 Å². The number of carbonyl (C=O) groups excluding carboxylic acids is 1. The largest absolute Gasteiger partial charge is 0.493 e. The van der Waals surface area contributed by atoms with Crippen LogP contribution in [0.1, 0.15) is 15.9 Å². The van der Waals surface area contributed by atoms with Crippen LogP contribution in [0.3, 0.4) is 0 Å². The molecule has 0 spiro atoms. The molecule has 0 aromatic heterocycles. The van der Waals surface area contributed by atoms with Gasteiger partial charge in [-0.3, -0.25) is 4.79 Å². The minimum Gasteiger partial charge on any atom is -0.493 e. The lowest BCUT2D eigenvalue weighted by atomic mass is 10.2. The Morgan fingerprint density at radius 1 is 1.09 bits per heavy atom. The van der Waals surface area contributed by atoms with Crippen LogP contribution in [0.15, 0.2) is 41.5 Å². The Balaban J connectivity index is 2.08. The number of hydrogen-bond acceptors (Lipinski definition) is 4. The van der Waals surface area contributed by atoms with Crippen LogP contribution in [0.2, 0.25) is 10.0 Å². The minimum atomic E-state index is -0.382. The summed E-state index contributed by atoms with van der Waals surface area (Å²) in [4.78, 5) is 12.1. The molecular weight excluding hydrogens is 339 g/mol. The van der Waals surface area contributed by atoms with E-state index in [0.29, 0.717) is 32.7 Å². The highest BCUT2D eigenvalue weighted by molar-refractivity contribution is 6.36. The predicted octanol–water partition coefficient (Wildman–Crippen LogP) is 3.77. The zero-order valence-electron chi connectivity index (χ0n) is 12.5. The summed E-state index contributed by atoms with van der Waals surface area (Å²) in [6, 6.07) is 9.82. The third kappa shape index (κ3) is 4.37. The van der Waals surface area contributed by atoms with Gasteiger partial charge < -0.3 is 9.47 Å². The summed E-state index contributed by atoms with van der Waals surface area (Å²) in [6.07, 6.45) is 1.44. The predicted molar refractivity (Wildman–Crippen MR) is 91.1 cm³/mol. The Morgan fingerprint density at radius 3 is 2.48 bits per heavy atom. The molecule has 0 fully saturated rings. The van der Waals surface area contributed by atoms with Gasteiger partial charge in [-0.05, 0) is 30.3 Å². The summed E-state index contributed by atoms with van der Waals surface area (Å²) in [5.41, 5.74) is 3.45. The van der Waals surface area contributed by atoms with E-state index in [0.717, 1.165) is 0 Å². The number of benzene rings is 2. The molecule has 0 unspecified atom stereocenters. The zero-order chi connectivity index (χ0) is 16.8. The molecule has 0 saturated heterocycles. The summed E-state index contributed by atoms with van der Waals surface area (Å²) < 4.78 is 10.3. The van der Waals surface area contributed by atoms with Crippen molar-refractivity contribution in [3.8, 4) is 11.5 Å². The van der Waals surface area contributed by atoms with Gasteiger partial charge in [0, 0.05) is 16.1 Å². The third-order valence-electron chi connectivity index (χ3n) is 2.98. The molecule has 5 nitrogen and oxygen atoms in total. The molecular formula is C16H14Cl2N2O3.